The lowest BCUT2D eigenvalue weighted by atomic mass is 10.0. The average molecular weight is 576 g/mol. The van der Waals surface area contributed by atoms with E-state index in [1.807, 2.05) is 24.3 Å². The van der Waals surface area contributed by atoms with E-state index in [4.69, 9.17) is 4.74 Å². The van der Waals surface area contributed by atoms with Gasteiger partial charge in [0.1, 0.15) is 6.61 Å². The summed E-state index contributed by atoms with van der Waals surface area (Å²) in [5.74, 6) is 0.727. The first-order valence-electron chi connectivity index (χ1n) is 10.9. The zero-order valence-corrected chi connectivity index (χ0v) is 21.1. The highest BCUT2D eigenvalue weighted by molar-refractivity contribution is 14.0. The molecule has 1 aliphatic rings. The Kier molecular flexibility index (Phi) is 11.4. The van der Waals surface area contributed by atoms with Crippen molar-refractivity contribution in [3.8, 4) is 0 Å². The minimum atomic E-state index is -4.31. The largest absolute Gasteiger partial charge is 0.411 e. The predicted molar refractivity (Wildman–Crippen MR) is 136 cm³/mol. The van der Waals surface area contributed by atoms with Crippen LogP contribution >= 0.6 is 24.0 Å². The van der Waals surface area contributed by atoms with Crippen LogP contribution in [0.1, 0.15) is 29.5 Å². The molecule has 1 saturated heterocycles. The number of benzene rings is 2. The summed E-state index contributed by atoms with van der Waals surface area (Å²) in [6.45, 7) is 2.26. The van der Waals surface area contributed by atoms with Crippen LogP contribution in [0.25, 0.3) is 0 Å². The highest BCUT2D eigenvalue weighted by Gasteiger charge is 2.27. The smallest absolute Gasteiger partial charge is 0.367 e. The van der Waals surface area contributed by atoms with Crippen molar-refractivity contribution in [3.63, 3.8) is 0 Å². The number of nitrogens with zero attached hydrogens (tertiary/aromatic N) is 2. The van der Waals surface area contributed by atoms with Gasteiger partial charge in [-0.3, -0.25) is 9.89 Å². The van der Waals surface area contributed by atoms with Gasteiger partial charge in [-0.25, -0.2) is 0 Å². The fraction of sp³-hybridized carbons (Fsp3) is 0.458. The minimum Gasteiger partial charge on any atom is -0.367 e. The normalized spacial score (nSPS) is 15.7. The summed E-state index contributed by atoms with van der Waals surface area (Å²) in [6, 6.07) is 18.2. The Bertz CT molecular complexity index is 856. The van der Waals surface area contributed by atoms with E-state index < -0.39 is 12.8 Å². The molecule has 9 heteroatoms. The monoisotopic (exact) mass is 576 g/mol. The quantitative estimate of drug-likeness (QED) is 0.272. The van der Waals surface area contributed by atoms with Gasteiger partial charge in [0.25, 0.3) is 0 Å². The Morgan fingerprint density at radius 3 is 2.36 bits per heavy atom. The third-order valence-electron chi connectivity index (χ3n) is 5.39. The van der Waals surface area contributed by atoms with Crippen molar-refractivity contribution in [2.45, 2.75) is 44.8 Å². The van der Waals surface area contributed by atoms with Crippen LogP contribution in [0, 0.1) is 0 Å². The molecule has 1 fully saturated rings. The van der Waals surface area contributed by atoms with Gasteiger partial charge in [0, 0.05) is 39.3 Å². The topological polar surface area (TPSA) is 48.9 Å². The Morgan fingerprint density at radius 1 is 1.03 bits per heavy atom. The molecule has 182 valence electrons. The number of hydrogen-bond donors (Lipinski definition) is 2. The Balaban J connectivity index is 0.00000385. The van der Waals surface area contributed by atoms with E-state index in [9.17, 15) is 13.2 Å². The summed E-state index contributed by atoms with van der Waals surface area (Å²) in [5.41, 5.74) is 3.00. The van der Waals surface area contributed by atoms with Crippen LogP contribution in [0.15, 0.2) is 59.6 Å². The molecule has 0 aromatic heterocycles. The van der Waals surface area contributed by atoms with Crippen LogP contribution in [0.2, 0.25) is 0 Å². The lowest BCUT2D eigenvalue weighted by Crippen LogP contribution is -2.48. The maximum atomic E-state index is 12.2. The third kappa shape index (κ3) is 10.3. The van der Waals surface area contributed by atoms with E-state index in [1.54, 1.807) is 13.1 Å². The summed E-state index contributed by atoms with van der Waals surface area (Å²) >= 11 is 0. The number of aliphatic imine (C=N–C) groups is 1. The minimum absolute atomic E-state index is 0. The molecule has 0 bridgehead atoms. The summed E-state index contributed by atoms with van der Waals surface area (Å²) in [4.78, 5) is 6.78. The lowest BCUT2D eigenvalue weighted by Gasteiger charge is -2.33. The van der Waals surface area contributed by atoms with Crippen molar-refractivity contribution in [3.05, 3.63) is 71.3 Å². The molecule has 2 aromatic carbocycles. The van der Waals surface area contributed by atoms with E-state index in [-0.39, 0.29) is 30.6 Å². The number of rotatable bonds is 8. The molecule has 0 spiro atoms. The molecule has 1 heterocycles. The highest BCUT2D eigenvalue weighted by atomic mass is 127. The van der Waals surface area contributed by atoms with Gasteiger partial charge in [-0.1, -0.05) is 54.6 Å². The molecule has 0 amide bonds. The molecule has 0 saturated carbocycles. The number of likely N-dealkylation sites (tertiary alicyclic amines) is 1. The molecular weight excluding hydrogens is 544 g/mol. The fourth-order valence-electron chi connectivity index (χ4n) is 3.76. The zero-order valence-electron chi connectivity index (χ0n) is 18.8. The van der Waals surface area contributed by atoms with Gasteiger partial charge in [0.15, 0.2) is 5.96 Å². The van der Waals surface area contributed by atoms with E-state index in [0.717, 1.165) is 44.0 Å². The van der Waals surface area contributed by atoms with E-state index >= 15 is 0 Å². The van der Waals surface area contributed by atoms with Crippen LogP contribution in [0.3, 0.4) is 0 Å². The molecule has 5 nitrogen and oxygen atoms in total. The second-order valence-electron chi connectivity index (χ2n) is 8.03. The second kappa shape index (κ2) is 13.8. The molecule has 33 heavy (non-hydrogen) atoms. The summed E-state index contributed by atoms with van der Waals surface area (Å²) < 4.78 is 41.5. The maximum absolute atomic E-state index is 12.2. The van der Waals surface area contributed by atoms with E-state index in [2.05, 4.69) is 44.8 Å². The van der Waals surface area contributed by atoms with Crippen molar-refractivity contribution in [1.82, 2.24) is 15.5 Å². The highest BCUT2D eigenvalue weighted by Crippen LogP contribution is 2.16. The van der Waals surface area contributed by atoms with Crippen LogP contribution in [-0.2, 0) is 24.4 Å². The fourth-order valence-corrected chi connectivity index (χ4v) is 3.76. The van der Waals surface area contributed by atoms with Crippen LogP contribution < -0.4 is 10.6 Å². The molecule has 0 aliphatic carbocycles. The maximum Gasteiger partial charge on any atom is 0.411 e. The van der Waals surface area contributed by atoms with Crippen molar-refractivity contribution < 1.29 is 17.9 Å². The first-order valence-corrected chi connectivity index (χ1v) is 10.9. The number of piperidine rings is 1. The Morgan fingerprint density at radius 2 is 1.70 bits per heavy atom. The third-order valence-corrected chi connectivity index (χ3v) is 5.39. The lowest BCUT2D eigenvalue weighted by molar-refractivity contribution is -0.176. The molecule has 2 aromatic rings. The van der Waals surface area contributed by atoms with Gasteiger partial charge in [-0.15, -0.1) is 24.0 Å². The number of nitrogens with one attached hydrogen (secondary N) is 2. The first-order chi connectivity index (χ1) is 15.4. The van der Waals surface area contributed by atoms with Crippen LogP contribution in [0.4, 0.5) is 13.2 Å². The predicted octanol–water partition coefficient (Wildman–Crippen LogP) is 4.71. The average Bonchev–Trinajstić information content (AvgIpc) is 2.78. The standard InChI is InChI=1S/C24H31F3N4O.HI/c1-28-23(29-15-20-8-5-9-21(14-20)17-32-18-24(25,26)27)30-22-10-12-31(13-11-22)16-19-6-3-2-4-7-19;/h2-9,14,22H,10-13,15-18H2,1H3,(H2,28,29,30);1H. The number of guanidine groups is 1. The van der Waals surface area contributed by atoms with Gasteiger partial charge < -0.3 is 15.4 Å². The number of halogens is 4. The molecule has 1 aliphatic heterocycles. The first kappa shape index (κ1) is 27.4. The molecule has 0 radical (unpaired) electrons. The van der Waals surface area contributed by atoms with Crippen molar-refractivity contribution >= 4 is 29.9 Å². The van der Waals surface area contributed by atoms with Crippen LogP contribution in [-0.4, -0.2) is 49.8 Å². The van der Waals surface area contributed by atoms with E-state index in [1.165, 1.54) is 5.56 Å². The number of hydrogen-bond acceptors (Lipinski definition) is 3. The second-order valence-corrected chi connectivity index (χ2v) is 8.03. The number of alkyl halides is 3. The SMILES string of the molecule is CN=C(NCc1cccc(COCC(F)(F)F)c1)NC1CCN(Cc2ccccc2)CC1.I. The van der Waals surface area contributed by atoms with Crippen molar-refractivity contribution in [2.24, 2.45) is 4.99 Å². The van der Waals surface area contributed by atoms with Crippen LogP contribution in [0.5, 0.6) is 0 Å². The van der Waals surface area contributed by atoms with Crippen molar-refractivity contribution in [2.75, 3.05) is 26.7 Å². The van der Waals surface area contributed by atoms with Gasteiger partial charge >= 0.3 is 6.18 Å². The molecule has 0 unspecified atom stereocenters. The summed E-state index contributed by atoms with van der Waals surface area (Å²) in [7, 11) is 1.74. The Labute approximate surface area is 210 Å². The van der Waals surface area contributed by atoms with Gasteiger partial charge in [-0.05, 0) is 29.5 Å². The van der Waals surface area contributed by atoms with Gasteiger partial charge in [0.05, 0.1) is 6.61 Å². The zero-order chi connectivity index (χ0) is 22.8. The number of ether oxygens (including phenoxy) is 1. The molecule has 0 atom stereocenters. The molecular formula is C24H32F3IN4O. The van der Waals surface area contributed by atoms with Gasteiger partial charge in [0.2, 0.25) is 0 Å². The molecule has 3 rings (SSSR count). The van der Waals surface area contributed by atoms with Gasteiger partial charge in [-0.2, -0.15) is 13.2 Å². The summed E-state index contributed by atoms with van der Waals surface area (Å²) in [5, 5.41) is 6.78. The summed E-state index contributed by atoms with van der Waals surface area (Å²) in [6.07, 6.45) is -2.23. The van der Waals surface area contributed by atoms with Crippen molar-refractivity contribution in [1.29, 1.82) is 0 Å². The van der Waals surface area contributed by atoms with E-state index in [0.29, 0.717) is 18.2 Å². The Hall–Kier alpha value is -1.85. The molecule has 2 N–H and O–H groups in total.